The van der Waals surface area contributed by atoms with E-state index < -0.39 is 11.6 Å². The van der Waals surface area contributed by atoms with Gasteiger partial charge >= 0.3 is 0 Å². The summed E-state index contributed by atoms with van der Waals surface area (Å²) in [5, 5.41) is 0. The second-order valence-corrected chi connectivity index (χ2v) is 11.0. The van der Waals surface area contributed by atoms with Gasteiger partial charge < -0.3 is 0 Å². The molecule has 1 aromatic carbocycles. The Hall–Kier alpha value is -0.703. The molecule has 140 valence electrons. The molecule has 2 aliphatic rings. The van der Waals surface area contributed by atoms with Crippen LogP contribution in [0.4, 0.5) is 8.78 Å². The van der Waals surface area contributed by atoms with Crippen LogP contribution >= 0.6 is 0 Å². The molecule has 0 N–H and O–H groups in total. The molecule has 25 heavy (non-hydrogen) atoms. The fourth-order valence-electron chi connectivity index (χ4n) is 5.32. The van der Waals surface area contributed by atoms with E-state index in [0.717, 1.165) is 36.2 Å². The lowest BCUT2D eigenvalue weighted by Crippen LogP contribution is -2.25. The van der Waals surface area contributed by atoms with E-state index in [1.807, 2.05) is 0 Å². The van der Waals surface area contributed by atoms with Crippen LogP contribution in [0.15, 0.2) is 18.2 Å². The summed E-state index contributed by atoms with van der Waals surface area (Å²) >= 11 is 0. The molecule has 2 fully saturated rings. The van der Waals surface area contributed by atoms with E-state index in [1.165, 1.54) is 63.1 Å². The highest BCUT2D eigenvalue weighted by molar-refractivity contribution is 6.35. The first-order valence-electron chi connectivity index (χ1n) is 10.6. The van der Waals surface area contributed by atoms with Crippen LogP contribution in [0.2, 0.25) is 12.1 Å². The third-order valence-corrected chi connectivity index (χ3v) is 8.58. The largest absolute Gasteiger partial charge is 0.204 e. The summed E-state index contributed by atoms with van der Waals surface area (Å²) in [6, 6.07) is 7.53. The Kier molecular flexibility index (Phi) is 7.09. The van der Waals surface area contributed by atoms with E-state index in [9.17, 15) is 8.78 Å². The minimum atomic E-state index is -0.726. The molecule has 2 aliphatic carbocycles. The fourth-order valence-corrected chi connectivity index (χ4v) is 6.69. The van der Waals surface area contributed by atoms with Crippen LogP contribution in [0, 0.1) is 29.4 Å². The Morgan fingerprint density at radius 1 is 0.880 bits per heavy atom. The van der Waals surface area contributed by atoms with Crippen LogP contribution in [0.1, 0.15) is 76.2 Å². The van der Waals surface area contributed by atoms with Gasteiger partial charge in [-0.1, -0.05) is 44.3 Å². The molecule has 0 amide bonds. The first kappa shape index (κ1) is 19.1. The molecule has 0 atom stereocenters. The zero-order valence-corrected chi connectivity index (χ0v) is 17.2. The van der Waals surface area contributed by atoms with E-state index >= 15 is 0 Å². The lowest BCUT2D eigenvalue weighted by atomic mass is 9.68. The molecule has 1 aromatic rings. The van der Waals surface area contributed by atoms with Gasteiger partial charge in [0.25, 0.3) is 0 Å². The van der Waals surface area contributed by atoms with Gasteiger partial charge in [0.2, 0.25) is 0 Å². The maximum Gasteiger partial charge on any atom is 0.159 e. The minimum Gasteiger partial charge on any atom is -0.204 e. The first-order chi connectivity index (χ1) is 12.2. The summed E-state index contributed by atoms with van der Waals surface area (Å²) in [4.78, 5) is 0. The minimum absolute atomic E-state index is 0.257. The predicted molar refractivity (Wildman–Crippen MR) is 105 cm³/mol. The van der Waals surface area contributed by atoms with Crippen molar-refractivity contribution >= 4 is 9.52 Å². The third-order valence-electron chi connectivity index (χ3n) is 6.96. The number of halogens is 2. The highest BCUT2D eigenvalue weighted by Crippen LogP contribution is 2.44. The summed E-state index contributed by atoms with van der Waals surface area (Å²) in [5.74, 6) is 1.86. The lowest BCUT2D eigenvalue weighted by molar-refractivity contribution is 0.158. The zero-order chi connectivity index (χ0) is 17.6. The second kappa shape index (κ2) is 9.30. The van der Waals surface area contributed by atoms with E-state index in [2.05, 4.69) is 6.92 Å². The predicted octanol–water partition coefficient (Wildman–Crippen LogP) is 6.46. The van der Waals surface area contributed by atoms with Gasteiger partial charge in [-0.25, -0.2) is 8.78 Å². The molecule has 2 saturated carbocycles. The number of hydrogen-bond donors (Lipinski definition) is 0. The van der Waals surface area contributed by atoms with Gasteiger partial charge in [0, 0.05) is 9.52 Å². The molecule has 0 aromatic heterocycles. The summed E-state index contributed by atoms with van der Waals surface area (Å²) in [6.45, 7) is 2.35. The quantitative estimate of drug-likeness (QED) is 0.401. The van der Waals surface area contributed by atoms with Crippen molar-refractivity contribution in [1.29, 1.82) is 0 Å². The van der Waals surface area contributed by atoms with E-state index in [1.54, 1.807) is 12.1 Å². The van der Waals surface area contributed by atoms with Crippen molar-refractivity contribution < 1.29 is 8.78 Å². The SMILES string of the molecule is CC[SiH2]CCC1CCC(C2CCC(c3ccc(F)c(F)c3)CC2)CC1. The molecule has 0 saturated heterocycles. The Bertz CT molecular complexity index is 529. The van der Waals surface area contributed by atoms with Gasteiger partial charge in [0.15, 0.2) is 11.6 Å². The molecule has 0 bridgehead atoms. The summed E-state index contributed by atoms with van der Waals surface area (Å²) < 4.78 is 26.6. The lowest BCUT2D eigenvalue weighted by Gasteiger charge is -2.38. The molecule has 0 aliphatic heterocycles. The topological polar surface area (TPSA) is 0 Å². The Labute approximate surface area is 154 Å². The van der Waals surface area contributed by atoms with Crippen molar-refractivity contribution in [3.05, 3.63) is 35.4 Å². The van der Waals surface area contributed by atoms with Crippen LogP contribution in [-0.2, 0) is 0 Å². The standard InChI is InChI=1S/C22H34F2Si/c1-2-25-14-13-16-3-5-17(6-4-16)18-7-9-19(10-8-18)20-11-12-21(23)22(24)15-20/h11-12,15-19H,2-10,13-14,25H2,1H3. The monoisotopic (exact) mass is 364 g/mol. The molecule has 0 nitrogen and oxygen atoms in total. The highest BCUT2D eigenvalue weighted by Gasteiger charge is 2.31. The third kappa shape index (κ3) is 5.15. The van der Waals surface area contributed by atoms with Crippen LogP contribution in [0.5, 0.6) is 0 Å². The van der Waals surface area contributed by atoms with Crippen LogP contribution in [-0.4, -0.2) is 9.52 Å². The van der Waals surface area contributed by atoms with Gasteiger partial charge in [0.05, 0.1) is 0 Å². The van der Waals surface area contributed by atoms with Crippen molar-refractivity contribution in [2.75, 3.05) is 0 Å². The van der Waals surface area contributed by atoms with E-state index in [0.29, 0.717) is 5.92 Å². The molecule has 0 radical (unpaired) electrons. The summed E-state index contributed by atoms with van der Waals surface area (Å²) in [7, 11) is 0.257. The zero-order valence-electron chi connectivity index (χ0n) is 15.8. The Morgan fingerprint density at radius 2 is 1.52 bits per heavy atom. The number of rotatable bonds is 6. The molecule has 0 heterocycles. The number of benzene rings is 1. The van der Waals surface area contributed by atoms with Crippen molar-refractivity contribution in [3.8, 4) is 0 Å². The molecule has 3 rings (SSSR count). The van der Waals surface area contributed by atoms with E-state index in [4.69, 9.17) is 0 Å². The summed E-state index contributed by atoms with van der Waals surface area (Å²) in [5.41, 5.74) is 1.00. The average molecular weight is 365 g/mol. The molecule has 0 unspecified atom stereocenters. The van der Waals surface area contributed by atoms with Gasteiger partial charge in [-0.2, -0.15) is 0 Å². The second-order valence-electron chi connectivity index (χ2n) is 8.56. The average Bonchev–Trinajstić information content (AvgIpc) is 2.65. The maximum absolute atomic E-state index is 13.5. The Morgan fingerprint density at radius 3 is 2.12 bits per heavy atom. The van der Waals surface area contributed by atoms with Gasteiger partial charge in [-0.15, -0.1) is 0 Å². The first-order valence-corrected chi connectivity index (χ1v) is 12.6. The Balaban J connectivity index is 1.43. The molecule has 0 spiro atoms. The van der Waals surface area contributed by atoms with Crippen molar-refractivity contribution in [1.82, 2.24) is 0 Å². The summed E-state index contributed by atoms with van der Waals surface area (Å²) in [6.07, 6.45) is 12.2. The molecule has 3 heteroatoms. The fraction of sp³-hybridized carbons (Fsp3) is 0.727. The van der Waals surface area contributed by atoms with Crippen molar-refractivity contribution in [2.45, 2.75) is 82.7 Å². The smallest absolute Gasteiger partial charge is 0.159 e. The van der Waals surface area contributed by atoms with Crippen LogP contribution in [0.25, 0.3) is 0 Å². The van der Waals surface area contributed by atoms with Crippen molar-refractivity contribution in [2.24, 2.45) is 17.8 Å². The van der Waals surface area contributed by atoms with Gasteiger partial charge in [-0.3, -0.25) is 0 Å². The maximum atomic E-state index is 13.5. The van der Waals surface area contributed by atoms with E-state index in [-0.39, 0.29) is 9.52 Å². The van der Waals surface area contributed by atoms with Gasteiger partial charge in [-0.05, 0) is 79.9 Å². The van der Waals surface area contributed by atoms with Gasteiger partial charge in [0.1, 0.15) is 0 Å². The highest BCUT2D eigenvalue weighted by atomic mass is 28.2. The normalized spacial score (nSPS) is 30.8. The van der Waals surface area contributed by atoms with Crippen LogP contribution < -0.4 is 0 Å². The van der Waals surface area contributed by atoms with Crippen molar-refractivity contribution in [3.63, 3.8) is 0 Å². The van der Waals surface area contributed by atoms with Crippen LogP contribution in [0.3, 0.4) is 0 Å². The molecular formula is C22H34F2Si. The molecular weight excluding hydrogens is 330 g/mol. The number of hydrogen-bond acceptors (Lipinski definition) is 0.